The van der Waals surface area contributed by atoms with Gasteiger partial charge in [-0.1, -0.05) is 62.4 Å². The molecule has 4 aromatic rings. The summed E-state index contributed by atoms with van der Waals surface area (Å²) in [6, 6.07) is 20.0. The number of nitrogens with two attached hydrogens (primary N) is 1. The highest BCUT2D eigenvalue weighted by Crippen LogP contribution is 2.26. The Balaban J connectivity index is 1.82. The number of aromatic nitrogens is 1. The van der Waals surface area contributed by atoms with Crippen LogP contribution in [0.4, 0.5) is 0 Å². The molecule has 2 N–H and O–H groups in total. The molecule has 0 aliphatic carbocycles. The van der Waals surface area contributed by atoms with Crippen molar-refractivity contribution in [3.8, 4) is 0 Å². The van der Waals surface area contributed by atoms with Gasteiger partial charge in [-0.15, -0.1) is 0 Å². The van der Waals surface area contributed by atoms with Gasteiger partial charge in [-0.25, -0.2) is 0 Å². The maximum Gasteiger partial charge on any atom is 0.250 e. The van der Waals surface area contributed by atoms with Gasteiger partial charge in [0.25, 0.3) is 5.91 Å². The van der Waals surface area contributed by atoms with Gasteiger partial charge in [-0.2, -0.15) is 0 Å². The van der Waals surface area contributed by atoms with Crippen LogP contribution in [-0.4, -0.2) is 16.3 Å². The van der Waals surface area contributed by atoms with Crippen molar-refractivity contribution >= 4 is 33.4 Å². The van der Waals surface area contributed by atoms with Crippen LogP contribution < -0.4 is 5.73 Å². The fraction of sp³-hybridized carbons (Fsp3) is 0.167. The Bertz CT molecular complexity index is 1220. The van der Waals surface area contributed by atoms with Crippen molar-refractivity contribution in [2.45, 2.75) is 20.4 Å². The molecule has 0 atom stereocenters. The number of hydrogen-bond donors (Lipinski definition) is 1. The smallest absolute Gasteiger partial charge is 0.250 e. The maximum absolute atomic E-state index is 12.4. The average molecular weight is 370 g/mol. The third-order valence-corrected chi connectivity index (χ3v) is 5.12. The second-order valence-corrected chi connectivity index (χ2v) is 7.47. The quantitative estimate of drug-likeness (QED) is 0.514. The van der Waals surface area contributed by atoms with Gasteiger partial charge < -0.3 is 10.3 Å². The summed E-state index contributed by atoms with van der Waals surface area (Å²) in [6.45, 7) is 4.36. The van der Waals surface area contributed by atoms with E-state index in [1.54, 1.807) is 12.3 Å². The second kappa shape index (κ2) is 6.97. The number of fused-ring (bicyclic) bond motifs is 2. The molecule has 4 nitrogen and oxygen atoms in total. The molecule has 0 aliphatic rings. The van der Waals surface area contributed by atoms with E-state index in [2.05, 4.69) is 30.3 Å². The molecule has 0 fully saturated rings. The summed E-state index contributed by atoms with van der Waals surface area (Å²) in [4.78, 5) is 24.4. The highest BCUT2D eigenvalue weighted by atomic mass is 16.1. The zero-order valence-electron chi connectivity index (χ0n) is 16.0. The Morgan fingerprint density at radius 1 is 0.964 bits per heavy atom. The number of ketones is 1. The molecule has 0 unspecified atom stereocenters. The van der Waals surface area contributed by atoms with Crippen molar-refractivity contribution in [1.82, 2.24) is 4.57 Å². The third-order valence-electron chi connectivity index (χ3n) is 5.12. The summed E-state index contributed by atoms with van der Waals surface area (Å²) >= 11 is 0. The van der Waals surface area contributed by atoms with Crippen LogP contribution in [0.2, 0.25) is 0 Å². The van der Waals surface area contributed by atoms with E-state index in [4.69, 9.17) is 5.73 Å². The van der Waals surface area contributed by atoms with Gasteiger partial charge in [-0.3, -0.25) is 9.59 Å². The molecular formula is C24H22N2O2. The molecule has 0 saturated heterocycles. The zero-order valence-corrected chi connectivity index (χ0v) is 16.0. The predicted molar refractivity (Wildman–Crippen MR) is 113 cm³/mol. The van der Waals surface area contributed by atoms with Crippen LogP contribution in [0.3, 0.4) is 0 Å². The van der Waals surface area contributed by atoms with E-state index in [1.807, 2.05) is 42.7 Å². The maximum atomic E-state index is 12.4. The molecule has 140 valence electrons. The molecule has 1 heterocycles. The number of carbonyl (C=O) groups is 2. The number of rotatable bonds is 5. The number of primary amides is 1. The minimum atomic E-state index is -0.467. The highest BCUT2D eigenvalue weighted by Gasteiger charge is 2.17. The van der Waals surface area contributed by atoms with E-state index in [0.717, 1.165) is 16.5 Å². The Hall–Kier alpha value is -3.40. The third kappa shape index (κ3) is 3.18. The molecule has 4 heteroatoms. The summed E-state index contributed by atoms with van der Waals surface area (Å²) in [6.07, 6.45) is 1.78. The van der Waals surface area contributed by atoms with Crippen LogP contribution in [0, 0.1) is 5.92 Å². The van der Waals surface area contributed by atoms with Gasteiger partial charge in [-0.05, 0) is 28.5 Å². The van der Waals surface area contributed by atoms with Gasteiger partial charge in [0, 0.05) is 35.1 Å². The van der Waals surface area contributed by atoms with Crippen molar-refractivity contribution in [2.75, 3.05) is 0 Å². The van der Waals surface area contributed by atoms with Gasteiger partial charge in [0.15, 0.2) is 5.78 Å². The monoisotopic (exact) mass is 370 g/mol. The molecule has 0 saturated carbocycles. The van der Waals surface area contributed by atoms with E-state index in [9.17, 15) is 9.59 Å². The van der Waals surface area contributed by atoms with E-state index >= 15 is 0 Å². The number of carbonyl (C=O) groups excluding carboxylic acids is 2. The van der Waals surface area contributed by atoms with Crippen LogP contribution in [0.1, 0.15) is 40.1 Å². The molecule has 0 bridgehead atoms. The largest absolute Gasteiger partial charge is 0.366 e. The van der Waals surface area contributed by atoms with Gasteiger partial charge in [0.2, 0.25) is 0 Å². The van der Waals surface area contributed by atoms with Crippen molar-refractivity contribution < 1.29 is 9.59 Å². The average Bonchev–Trinajstić information content (AvgIpc) is 3.05. The molecule has 1 amide bonds. The lowest BCUT2D eigenvalue weighted by molar-refractivity contribution is 0.0938. The SMILES string of the molecule is CC(C)C(=O)c1ccc2c(C(N)=O)cn(Cc3ccc4ccccc4c3)c2c1. The molecule has 0 radical (unpaired) electrons. The lowest BCUT2D eigenvalue weighted by Gasteiger charge is -2.09. The predicted octanol–water partition coefficient (Wildman–Crippen LogP) is 4.78. The van der Waals surface area contributed by atoms with E-state index in [1.165, 1.54) is 10.8 Å². The van der Waals surface area contributed by atoms with Crippen molar-refractivity contribution in [3.05, 3.63) is 83.6 Å². The van der Waals surface area contributed by atoms with Crippen LogP contribution in [0.15, 0.2) is 66.9 Å². The molecule has 1 aromatic heterocycles. The number of benzene rings is 3. The Morgan fingerprint density at radius 2 is 1.71 bits per heavy atom. The van der Waals surface area contributed by atoms with Gasteiger partial charge in [0.1, 0.15) is 0 Å². The number of hydrogen-bond acceptors (Lipinski definition) is 2. The van der Waals surface area contributed by atoms with Crippen LogP contribution in [-0.2, 0) is 6.54 Å². The first kappa shape index (κ1) is 18.0. The number of Topliss-reactive ketones (excluding diaryl/α,β-unsaturated/α-hetero) is 1. The van der Waals surface area contributed by atoms with Crippen LogP contribution >= 0.6 is 0 Å². The van der Waals surface area contributed by atoms with Gasteiger partial charge >= 0.3 is 0 Å². The van der Waals surface area contributed by atoms with Crippen molar-refractivity contribution in [2.24, 2.45) is 11.7 Å². The number of nitrogens with zero attached hydrogens (tertiary/aromatic N) is 1. The zero-order chi connectivity index (χ0) is 19.8. The Kier molecular flexibility index (Phi) is 4.47. The fourth-order valence-electron chi connectivity index (χ4n) is 3.64. The fourth-order valence-corrected chi connectivity index (χ4v) is 3.64. The summed E-state index contributed by atoms with van der Waals surface area (Å²) in [7, 11) is 0. The molecular weight excluding hydrogens is 348 g/mol. The second-order valence-electron chi connectivity index (χ2n) is 7.47. The van der Waals surface area contributed by atoms with E-state index in [-0.39, 0.29) is 11.7 Å². The minimum absolute atomic E-state index is 0.0842. The van der Waals surface area contributed by atoms with Crippen LogP contribution in [0.5, 0.6) is 0 Å². The first-order valence-electron chi connectivity index (χ1n) is 9.38. The topological polar surface area (TPSA) is 65.1 Å². The Labute approximate surface area is 163 Å². The van der Waals surface area contributed by atoms with E-state index in [0.29, 0.717) is 17.7 Å². The summed E-state index contributed by atoms with van der Waals surface area (Å²) in [5, 5.41) is 3.13. The Morgan fingerprint density at radius 3 is 2.43 bits per heavy atom. The number of amides is 1. The summed E-state index contributed by atoms with van der Waals surface area (Å²) < 4.78 is 2.00. The molecule has 3 aromatic carbocycles. The molecule has 0 spiro atoms. The van der Waals surface area contributed by atoms with Crippen molar-refractivity contribution in [3.63, 3.8) is 0 Å². The minimum Gasteiger partial charge on any atom is -0.366 e. The van der Waals surface area contributed by atoms with Crippen LogP contribution in [0.25, 0.3) is 21.7 Å². The first-order chi connectivity index (χ1) is 13.4. The molecule has 0 aliphatic heterocycles. The summed E-state index contributed by atoms with van der Waals surface area (Å²) in [5.41, 5.74) is 8.67. The summed E-state index contributed by atoms with van der Waals surface area (Å²) in [5.74, 6) is -0.469. The molecule has 4 rings (SSSR count). The van der Waals surface area contributed by atoms with Crippen molar-refractivity contribution in [1.29, 1.82) is 0 Å². The highest BCUT2D eigenvalue weighted by molar-refractivity contribution is 6.08. The lowest BCUT2D eigenvalue weighted by Crippen LogP contribution is -2.10. The lowest BCUT2D eigenvalue weighted by atomic mass is 9.99. The van der Waals surface area contributed by atoms with Gasteiger partial charge in [0.05, 0.1) is 5.56 Å². The standard InChI is InChI=1S/C24H22N2O2/c1-15(2)23(27)19-9-10-20-21(24(25)28)14-26(22(20)12-19)13-16-7-8-17-5-3-4-6-18(17)11-16/h3-12,14-15H,13H2,1-2H3,(H2,25,28). The molecule has 28 heavy (non-hydrogen) atoms. The normalized spacial score (nSPS) is 11.4. The van der Waals surface area contributed by atoms with E-state index < -0.39 is 5.91 Å². The first-order valence-corrected chi connectivity index (χ1v) is 9.38.